The topological polar surface area (TPSA) is 156 Å². The van der Waals surface area contributed by atoms with Crippen LogP contribution in [0.15, 0.2) is 163 Å². The van der Waals surface area contributed by atoms with Crippen LogP contribution < -0.4 is 4.74 Å². The van der Waals surface area contributed by atoms with Crippen molar-refractivity contribution in [3.05, 3.63) is 212 Å². The Morgan fingerprint density at radius 2 is 1.29 bits per heavy atom. The van der Waals surface area contributed by atoms with E-state index in [-0.39, 0.29) is 58.7 Å². The third kappa shape index (κ3) is 9.63. The van der Waals surface area contributed by atoms with Crippen molar-refractivity contribution in [3.8, 4) is 17.0 Å². The van der Waals surface area contributed by atoms with E-state index in [0.29, 0.717) is 72.3 Å². The monoisotopic (exact) mass is 1010 g/mol. The fourth-order valence-electron chi connectivity index (χ4n) is 11.3. The first-order valence-electron chi connectivity index (χ1n) is 25.4. The summed E-state index contributed by atoms with van der Waals surface area (Å²) in [4.78, 5) is 48.6. The number of allylic oxidation sites excluding steroid dienone is 4. The van der Waals surface area contributed by atoms with Crippen molar-refractivity contribution in [1.29, 1.82) is 0 Å². The highest BCUT2D eigenvalue weighted by atomic mass is 19.2. The lowest BCUT2D eigenvalue weighted by molar-refractivity contribution is -0.396. The molecular weight excluding hydrogens is 957 g/mol. The van der Waals surface area contributed by atoms with Gasteiger partial charge in [0.25, 0.3) is 11.4 Å². The number of aromatic nitrogens is 1. The maximum atomic E-state index is 18.1. The van der Waals surface area contributed by atoms with Crippen molar-refractivity contribution < 1.29 is 46.8 Å². The highest BCUT2D eigenvalue weighted by Gasteiger charge is 2.55. The molecule has 1 aromatic heterocycles. The van der Waals surface area contributed by atoms with Gasteiger partial charge in [-0.2, -0.15) is 0 Å². The minimum absolute atomic E-state index is 0.0804. The van der Waals surface area contributed by atoms with Crippen LogP contribution in [-0.2, 0) is 32.3 Å². The SMILES string of the molecule is O=C(CCCCCCC(=O)OC[C@@H]1CC2C=C[C@@H]1C2)OCc1ccc(OCc2c([N+](=O)[O-])cccc2[N+](=O)[O-])c(C2=C3C=CC(c4ccc5ccccc5c4)=[N+]3[B-](F)(F)n3c2ccc3-c2ccc3ccccc3c2)c1. The number of benzene rings is 6. The molecule has 75 heavy (non-hydrogen) atoms. The van der Waals surface area contributed by atoms with Gasteiger partial charge in [-0.05, 0) is 125 Å². The van der Waals surface area contributed by atoms with Crippen molar-refractivity contribution in [3.63, 3.8) is 0 Å². The van der Waals surface area contributed by atoms with Gasteiger partial charge in [-0.3, -0.25) is 29.8 Å². The molecule has 1 fully saturated rings. The highest BCUT2D eigenvalue weighted by molar-refractivity contribution is 6.59. The fraction of sp³-hybridized carbons (Fsp3) is 0.237. The second-order valence-corrected chi connectivity index (χ2v) is 19.7. The molecule has 3 atom stereocenters. The Labute approximate surface area is 430 Å². The molecule has 0 radical (unpaired) electrons. The summed E-state index contributed by atoms with van der Waals surface area (Å²) in [6.07, 6.45) is 13.1. The number of carbonyl (C=O) groups excluding carboxylic acids is 2. The van der Waals surface area contributed by atoms with Crippen LogP contribution in [0.25, 0.3) is 38.4 Å². The van der Waals surface area contributed by atoms with Crippen LogP contribution in [0.3, 0.4) is 0 Å². The first-order valence-corrected chi connectivity index (χ1v) is 25.4. The van der Waals surface area contributed by atoms with Crippen molar-refractivity contribution >= 4 is 63.1 Å². The fourth-order valence-corrected chi connectivity index (χ4v) is 11.3. The van der Waals surface area contributed by atoms with Crippen molar-refractivity contribution in [1.82, 2.24) is 4.48 Å². The van der Waals surface area contributed by atoms with Crippen LogP contribution in [-0.4, -0.2) is 50.0 Å². The lowest BCUT2D eigenvalue weighted by atomic mass is 9.84. The molecular formula is C59H51BF2N4O9. The van der Waals surface area contributed by atoms with E-state index in [1.807, 2.05) is 84.9 Å². The third-order valence-electron chi connectivity index (χ3n) is 15.1. The molecule has 2 aliphatic heterocycles. The third-order valence-corrected chi connectivity index (χ3v) is 15.1. The minimum Gasteiger partial charge on any atom is -0.488 e. The van der Waals surface area contributed by atoms with Gasteiger partial charge in [0.1, 0.15) is 24.5 Å². The van der Waals surface area contributed by atoms with E-state index in [0.717, 1.165) is 61.9 Å². The first kappa shape index (κ1) is 48.7. The van der Waals surface area contributed by atoms with E-state index in [2.05, 4.69) is 12.2 Å². The number of fused-ring (bicyclic) bond motifs is 6. The minimum atomic E-state index is -4.64. The van der Waals surface area contributed by atoms with Crippen LogP contribution in [0.5, 0.6) is 5.75 Å². The van der Waals surface area contributed by atoms with E-state index in [4.69, 9.17) is 14.2 Å². The molecule has 16 heteroatoms. The number of nitro groups is 2. The maximum Gasteiger partial charge on any atom is 0.737 e. The van der Waals surface area contributed by atoms with Gasteiger partial charge in [-0.25, -0.2) is 0 Å². The number of esters is 2. The second-order valence-electron chi connectivity index (χ2n) is 19.7. The Morgan fingerprint density at radius 3 is 1.95 bits per heavy atom. The predicted octanol–water partition coefficient (Wildman–Crippen LogP) is 13.1. The molecule has 0 saturated heterocycles. The second kappa shape index (κ2) is 20.4. The van der Waals surface area contributed by atoms with Crippen LogP contribution in [0.1, 0.15) is 79.3 Å². The molecule has 3 heterocycles. The zero-order chi connectivity index (χ0) is 51.8. The molecule has 4 aliphatic rings. The van der Waals surface area contributed by atoms with Gasteiger partial charge < -0.3 is 31.8 Å². The molecule has 2 aliphatic carbocycles. The summed E-state index contributed by atoms with van der Waals surface area (Å²) in [6, 6.07) is 38.2. The van der Waals surface area contributed by atoms with E-state index < -0.39 is 40.8 Å². The van der Waals surface area contributed by atoms with Gasteiger partial charge in [0, 0.05) is 59.6 Å². The number of rotatable bonds is 19. The van der Waals surface area contributed by atoms with Crippen molar-refractivity contribution in [2.24, 2.45) is 17.8 Å². The van der Waals surface area contributed by atoms with Crippen LogP contribution >= 0.6 is 0 Å². The zero-order valence-corrected chi connectivity index (χ0v) is 40.8. The van der Waals surface area contributed by atoms with E-state index in [9.17, 15) is 29.8 Å². The van der Waals surface area contributed by atoms with Crippen molar-refractivity contribution in [2.75, 3.05) is 6.61 Å². The number of unbranched alkanes of at least 4 members (excludes halogenated alkanes) is 3. The molecule has 11 rings (SSSR count). The van der Waals surface area contributed by atoms with Gasteiger partial charge in [-0.1, -0.05) is 97.8 Å². The molecule has 0 N–H and O–H groups in total. The lowest BCUT2D eigenvalue weighted by Gasteiger charge is -2.34. The van der Waals surface area contributed by atoms with Crippen LogP contribution in [0, 0.1) is 38.0 Å². The van der Waals surface area contributed by atoms with E-state index >= 15 is 8.63 Å². The standard InChI is InChI=1S/C59H51BF2N4O9/c61-60(62)63-50(45-23-21-40-10-5-7-12-42(40)33-45)25-27-54(63)59(55-28-26-51(64(55)60)46-24-22-41-11-6-8-13-43(41)34-46)48-32-39(19-29-56(48)73-37-49-52(65(69)70)14-9-15-53(49)66(71)72)35-74-57(67)16-3-1-2-4-17-58(68)75-36-47-31-38-18-20-44(47)30-38/h5-15,18-29,32-34,38,44,47H,1-4,16-17,30-31,35-37H2/t38?,44-,47+/m1/s1. The number of halogens is 2. The number of nitrogens with zero attached hydrogens (tertiary/aromatic N) is 4. The number of carbonyl (C=O) groups is 2. The predicted molar refractivity (Wildman–Crippen MR) is 282 cm³/mol. The Balaban J connectivity index is 0.921. The molecule has 7 aromatic rings. The summed E-state index contributed by atoms with van der Waals surface area (Å²) in [5, 5.41) is 28.0. The average molecular weight is 1010 g/mol. The Hall–Kier alpha value is -8.53. The maximum absolute atomic E-state index is 18.1. The lowest BCUT2D eigenvalue weighted by Crippen LogP contribution is -2.51. The first-order chi connectivity index (χ1) is 36.4. The number of hydrogen-bond donors (Lipinski definition) is 0. The van der Waals surface area contributed by atoms with E-state index in [1.165, 1.54) is 6.07 Å². The highest BCUT2D eigenvalue weighted by Crippen LogP contribution is 2.47. The van der Waals surface area contributed by atoms with Gasteiger partial charge in [-0.15, -0.1) is 0 Å². The zero-order valence-electron chi connectivity index (χ0n) is 40.8. The molecule has 13 nitrogen and oxygen atoms in total. The molecule has 6 aromatic carbocycles. The summed E-state index contributed by atoms with van der Waals surface area (Å²) in [7, 11) is 0. The van der Waals surface area contributed by atoms with Gasteiger partial charge in [0.15, 0.2) is 11.4 Å². The number of hydrogen-bond acceptors (Lipinski definition) is 9. The molecule has 2 bridgehead atoms. The van der Waals surface area contributed by atoms with Gasteiger partial charge >= 0.3 is 18.9 Å². The smallest absolute Gasteiger partial charge is 0.488 e. The summed E-state index contributed by atoms with van der Waals surface area (Å²) in [6.45, 7) is -4.98. The Morgan fingerprint density at radius 1 is 0.653 bits per heavy atom. The van der Waals surface area contributed by atoms with Gasteiger partial charge in [0.05, 0.1) is 22.0 Å². The average Bonchev–Trinajstić information content (AvgIpc) is 4.32. The Bertz CT molecular complexity index is 3570. The van der Waals surface area contributed by atoms with Crippen LogP contribution in [0.4, 0.5) is 20.0 Å². The normalized spacial score (nSPS) is 17.9. The quantitative estimate of drug-likeness (QED) is 0.0192. The van der Waals surface area contributed by atoms with Crippen LogP contribution in [0.2, 0.25) is 0 Å². The van der Waals surface area contributed by atoms with Gasteiger partial charge in [0.2, 0.25) is 0 Å². The molecule has 378 valence electrons. The Kier molecular flexibility index (Phi) is 13.3. The number of nitro benzene ring substituents is 2. The van der Waals surface area contributed by atoms with E-state index in [1.54, 1.807) is 42.5 Å². The summed E-state index contributed by atoms with van der Waals surface area (Å²) in [5.74, 6) is 0.982. The molecule has 1 saturated carbocycles. The summed E-state index contributed by atoms with van der Waals surface area (Å²) >= 11 is 0. The molecule has 1 unspecified atom stereocenters. The summed E-state index contributed by atoms with van der Waals surface area (Å²) in [5.41, 5.74) is 1.61. The van der Waals surface area contributed by atoms with Crippen molar-refractivity contribution in [2.45, 2.75) is 64.6 Å². The largest absolute Gasteiger partial charge is 0.737 e. The summed E-state index contributed by atoms with van der Waals surface area (Å²) < 4.78 is 56.1. The number of ether oxygens (including phenoxy) is 3. The molecule has 0 spiro atoms. The molecule has 0 amide bonds.